The van der Waals surface area contributed by atoms with Crippen LogP contribution in [0.25, 0.3) is 11.1 Å². The smallest absolute Gasteiger partial charge is 0.251 e. The van der Waals surface area contributed by atoms with E-state index in [2.05, 4.69) is 35.2 Å². The zero-order chi connectivity index (χ0) is 16.8. The molecule has 2 aromatic heterocycles. The van der Waals surface area contributed by atoms with Gasteiger partial charge in [0.1, 0.15) is 0 Å². The highest BCUT2D eigenvalue weighted by molar-refractivity contribution is 7.08. The van der Waals surface area contributed by atoms with Crippen molar-refractivity contribution in [2.24, 2.45) is 5.73 Å². The largest absolute Gasteiger partial charge is 0.366 e. The number of primary amides is 1. The molecule has 2 aromatic rings. The summed E-state index contributed by atoms with van der Waals surface area (Å²) >= 11 is 1.66. The number of nitrogens with two attached hydrogens (primary N) is 1. The third-order valence-electron chi connectivity index (χ3n) is 4.44. The molecule has 0 saturated carbocycles. The summed E-state index contributed by atoms with van der Waals surface area (Å²) in [6, 6.07) is 2.10. The Morgan fingerprint density at radius 3 is 2.52 bits per heavy atom. The molecule has 2 rings (SSSR count). The average Bonchev–Trinajstić information content (AvgIpc) is 3.12. The Bertz CT molecular complexity index is 641. The number of amides is 1. The number of nitrogens with zero attached hydrogens (tertiary/aromatic N) is 1. The first-order valence-corrected chi connectivity index (χ1v) is 9.60. The van der Waals surface area contributed by atoms with Crippen molar-refractivity contribution in [1.29, 1.82) is 0 Å². The fourth-order valence-electron chi connectivity index (χ4n) is 3.24. The molecule has 0 bridgehead atoms. The maximum absolute atomic E-state index is 12.1. The minimum Gasteiger partial charge on any atom is -0.366 e. The summed E-state index contributed by atoms with van der Waals surface area (Å²) < 4.78 is 2.34. The zero-order valence-electron chi connectivity index (χ0n) is 14.5. The van der Waals surface area contributed by atoms with Crippen molar-refractivity contribution in [1.82, 2.24) is 4.57 Å². The molecular weight excluding hydrogens is 304 g/mol. The molecular formula is C19H28N2OS. The van der Waals surface area contributed by atoms with E-state index in [9.17, 15) is 4.79 Å². The number of thiophene rings is 1. The number of hydrogen-bond acceptors (Lipinski definition) is 2. The first kappa shape index (κ1) is 17.8. The maximum Gasteiger partial charge on any atom is 0.251 e. The van der Waals surface area contributed by atoms with Gasteiger partial charge >= 0.3 is 0 Å². The predicted octanol–water partition coefficient (Wildman–Crippen LogP) is 5.16. The van der Waals surface area contributed by atoms with Gasteiger partial charge in [0.15, 0.2) is 0 Å². The third-order valence-corrected chi connectivity index (χ3v) is 5.12. The summed E-state index contributed by atoms with van der Waals surface area (Å²) in [5.41, 5.74) is 11.0. The van der Waals surface area contributed by atoms with Gasteiger partial charge in [0.2, 0.25) is 0 Å². The van der Waals surface area contributed by atoms with Gasteiger partial charge in [-0.2, -0.15) is 11.3 Å². The normalized spacial score (nSPS) is 11.1. The van der Waals surface area contributed by atoms with Crippen LogP contribution in [0.4, 0.5) is 0 Å². The highest BCUT2D eigenvalue weighted by Gasteiger charge is 2.24. The molecule has 0 atom stereocenters. The highest BCUT2D eigenvalue weighted by Crippen LogP contribution is 2.35. The second-order valence-corrected chi connectivity index (χ2v) is 6.90. The van der Waals surface area contributed by atoms with Gasteiger partial charge in [0.25, 0.3) is 5.91 Å². The Morgan fingerprint density at radius 1 is 1.22 bits per heavy atom. The minimum atomic E-state index is -0.310. The molecule has 126 valence electrons. The van der Waals surface area contributed by atoms with Crippen molar-refractivity contribution in [3.05, 3.63) is 33.8 Å². The summed E-state index contributed by atoms with van der Waals surface area (Å²) in [7, 11) is 0. The van der Waals surface area contributed by atoms with E-state index in [4.69, 9.17) is 5.73 Å². The van der Waals surface area contributed by atoms with Gasteiger partial charge in [0, 0.05) is 23.5 Å². The number of aromatic nitrogens is 1. The average molecular weight is 333 g/mol. The molecule has 0 saturated heterocycles. The third kappa shape index (κ3) is 3.86. The molecule has 0 fully saturated rings. The van der Waals surface area contributed by atoms with Crippen molar-refractivity contribution in [2.45, 2.75) is 65.8 Å². The second kappa shape index (κ2) is 8.34. The second-order valence-electron chi connectivity index (χ2n) is 6.12. The van der Waals surface area contributed by atoms with E-state index in [-0.39, 0.29) is 5.91 Å². The number of carbonyl (C=O) groups is 1. The molecule has 3 nitrogen and oxygen atoms in total. The minimum absolute atomic E-state index is 0.310. The molecule has 23 heavy (non-hydrogen) atoms. The molecule has 4 heteroatoms. The van der Waals surface area contributed by atoms with E-state index in [1.165, 1.54) is 18.5 Å². The lowest BCUT2D eigenvalue weighted by molar-refractivity contribution is 0.1000. The van der Waals surface area contributed by atoms with E-state index >= 15 is 0 Å². The molecule has 0 aliphatic carbocycles. The summed E-state index contributed by atoms with van der Waals surface area (Å²) in [5, 5.41) is 4.18. The van der Waals surface area contributed by atoms with Crippen LogP contribution in [0.15, 0.2) is 16.8 Å². The van der Waals surface area contributed by atoms with E-state index in [1.807, 2.05) is 6.92 Å². The summed E-state index contributed by atoms with van der Waals surface area (Å²) in [5.74, 6) is -0.310. The van der Waals surface area contributed by atoms with Crippen LogP contribution in [-0.4, -0.2) is 10.5 Å². The quantitative estimate of drug-likeness (QED) is 0.634. The van der Waals surface area contributed by atoms with Crippen LogP contribution in [0.5, 0.6) is 0 Å². The molecule has 0 spiro atoms. The standard InChI is InChI=1S/C19H28N2OS/c1-4-6-8-9-16-18(15-10-12-23-13-15)17(19(20)22)14(3)21(16)11-7-5-2/h10,12-13H,4-9,11H2,1-3H3,(H2,20,22). The highest BCUT2D eigenvalue weighted by atomic mass is 32.1. The van der Waals surface area contributed by atoms with Crippen molar-refractivity contribution < 1.29 is 4.79 Å². The SMILES string of the molecule is CCCCCc1c(-c2ccsc2)c(C(N)=O)c(C)n1CCCC. The lowest BCUT2D eigenvalue weighted by Crippen LogP contribution is -2.13. The van der Waals surface area contributed by atoms with Crippen LogP contribution in [0.3, 0.4) is 0 Å². The van der Waals surface area contributed by atoms with E-state index < -0.39 is 0 Å². The number of carbonyl (C=O) groups excluding carboxylic acids is 1. The van der Waals surface area contributed by atoms with Crippen molar-refractivity contribution >= 4 is 17.2 Å². The fraction of sp³-hybridized carbons (Fsp3) is 0.526. The van der Waals surface area contributed by atoms with Crippen LogP contribution in [0.1, 0.15) is 67.7 Å². The lowest BCUT2D eigenvalue weighted by atomic mass is 9.99. The fourth-order valence-corrected chi connectivity index (χ4v) is 3.88. The van der Waals surface area contributed by atoms with Gasteiger partial charge in [-0.25, -0.2) is 0 Å². The molecule has 0 unspecified atom stereocenters. The van der Waals surface area contributed by atoms with E-state index in [0.29, 0.717) is 5.56 Å². The van der Waals surface area contributed by atoms with Crippen LogP contribution in [0.2, 0.25) is 0 Å². The number of rotatable bonds is 9. The van der Waals surface area contributed by atoms with Gasteiger partial charge in [-0.3, -0.25) is 4.79 Å². The van der Waals surface area contributed by atoms with Crippen molar-refractivity contribution in [3.8, 4) is 11.1 Å². The Hall–Kier alpha value is -1.55. The van der Waals surface area contributed by atoms with Crippen LogP contribution >= 0.6 is 11.3 Å². The molecule has 2 heterocycles. The molecule has 2 N–H and O–H groups in total. The first-order valence-electron chi connectivity index (χ1n) is 8.66. The molecule has 0 aliphatic heterocycles. The first-order chi connectivity index (χ1) is 11.1. The Morgan fingerprint density at radius 2 is 1.96 bits per heavy atom. The Labute approximate surface area is 143 Å². The van der Waals surface area contributed by atoms with Gasteiger partial charge in [-0.15, -0.1) is 0 Å². The summed E-state index contributed by atoms with van der Waals surface area (Å²) in [6.07, 6.45) is 6.85. The van der Waals surface area contributed by atoms with E-state index in [0.717, 1.165) is 49.0 Å². The molecule has 1 amide bonds. The Kier molecular flexibility index (Phi) is 6.46. The van der Waals surface area contributed by atoms with Gasteiger partial charge < -0.3 is 10.3 Å². The topological polar surface area (TPSA) is 48.0 Å². The molecule has 0 aromatic carbocycles. The lowest BCUT2D eigenvalue weighted by Gasteiger charge is -2.12. The monoisotopic (exact) mass is 332 g/mol. The Balaban J connectivity index is 2.56. The predicted molar refractivity (Wildman–Crippen MR) is 99.1 cm³/mol. The summed E-state index contributed by atoms with van der Waals surface area (Å²) in [4.78, 5) is 12.1. The van der Waals surface area contributed by atoms with Crippen molar-refractivity contribution in [2.75, 3.05) is 0 Å². The van der Waals surface area contributed by atoms with E-state index in [1.54, 1.807) is 11.3 Å². The molecule has 0 radical (unpaired) electrons. The van der Waals surface area contributed by atoms with Crippen LogP contribution in [-0.2, 0) is 13.0 Å². The molecule has 0 aliphatic rings. The number of hydrogen-bond donors (Lipinski definition) is 1. The number of unbranched alkanes of at least 4 members (excludes halogenated alkanes) is 3. The van der Waals surface area contributed by atoms with Crippen LogP contribution < -0.4 is 5.73 Å². The van der Waals surface area contributed by atoms with Gasteiger partial charge in [-0.1, -0.05) is 33.1 Å². The van der Waals surface area contributed by atoms with Gasteiger partial charge in [-0.05, 0) is 48.6 Å². The summed E-state index contributed by atoms with van der Waals surface area (Å²) in [6.45, 7) is 7.42. The van der Waals surface area contributed by atoms with Crippen molar-refractivity contribution in [3.63, 3.8) is 0 Å². The van der Waals surface area contributed by atoms with Gasteiger partial charge in [0.05, 0.1) is 5.56 Å². The maximum atomic E-state index is 12.1. The zero-order valence-corrected chi connectivity index (χ0v) is 15.3. The van der Waals surface area contributed by atoms with Crippen LogP contribution in [0, 0.1) is 6.92 Å².